The molecule has 6 heteroatoms. The molecule has 0 radical (unpaired) electrons. The van der Waals surface area contributed by atoms with Crippen LogP contribution in [0, 0.1) is 5.92 Å². The van der Waals surface area contributed by atoms with Crippen LogP contribution in [-0.4, -0.2) is 40.8 Å². The molecule has 98 valence electrons. The molecule has 0 saturated carbocycles. The molecule has 2 unspecified atom stereocenters. The van der Waals surface area contributed by atoms with Gasteiger partial charge >= 0.3 is 0 Å². The van der Waals surface area contributed by atoms with Gasteiger partial charge in [-0.15, -0.1) is 0 Å². The van der Waals surface area contributed by atoms with Gasteiger partial charge in [-0.2, -0.15) is 8.42 Å². The third kappa shape index (κ3) is 2.19. The van der Waals surface area contributed by atoms with Crippen molar-refractivity contribution in [3.05, 3.63) is 34.9 Å². The van der Waals surface area contributed by atoms with Crippen molar-refractivity contribution in [2.24, 2.45) is 5.92 Å². The zero-order valence-corrected chi connectivity index (χ0v) is 12.7. The molecule has 1 N–H and O–H groups in total. The number of hydrogen-bond acceptors (Lipinski definition) is 3. The lowest BCUT2D eigenvalue weighted by molar-refractivity contribution is 0.238. The van der Waals surface area contributed by atoms with Crippen LogP contribution in [0.3, 0.4) is 0 Å². The molecule has 1 heterocycles. The van der Waals surface area contributed by atoms with Crippen LogP contribution in [0.15, 0.2) is 34.9 Å². The zero-order chi connectivity index (χ0) is 12.9. The quantitative estimate of drug-likeness (QED) is 0.350. The Hall–Kier alpha value is -0.180. The number of halogens is 1. The minimum Gasteiger partial charge on any atom is -0.287 e. The highest BCUT2D eigenvalue weighted by molar-refractivity contribution is 14.1. The van der Waals surface area contributed by atoms with E-state index < -0.39 is 10.1 Å². The SMILES string of the molecule is O=S(=O)(O)CCCN1CC2c3ccc(c2c3)C1I. The number of nitrogens with zero attached hydrogens (tertiary/aromatic N) is 1. The Morgan fingerprint density at radius 1 is 1.39 bits per heavy atom. The van der Waals surface area contributed by atoms with Crippen molar-refractivity contribution >= 4 is 32.7 Å². The molecule has 1 saturated heterocycles. The predicted molar refractivity (Wildman–Crippen MR) is 78.2 cm³/mol. The number of allylic oxidation sites excluding steroid dienone is 3. The molecule has 4 bridgehead atoms. The third-order valence-electron chi connectivity index (χ3n) is 3.73. The van der Waals surface area contributed by atoms with Gasteiger partial charge in [-0.25, -0.2) is 0 Å². The van der Waals surface area contributed by atoms with Crippen molar-refractivity contribution in [1.29, 1.82) is 0 Å². The summed E-state index contributed by atoms with van der Waals surface area (Å²) in [7, 11) is -3.83. The van der Waals surface area contributed by atoms with Crippen LogP contribution >= 0.6 is 22.6 Å². The molecule has 0 aromatic heterocycles. The summed E-state index contributed by atoms with van der Waals surface area (Å²) >= 11 is 2.40. The van der Waals surface area contributed by atoms with Crippen LogP contribution < -0.4 is 0 Å². The Bertz CT molecular complexity index is 573. The second-order valence-corrected chi connectivity index (χ2v) is 7.66. The molecule has 18 heavy (non-hydrogen) atoms. The first-order valence-corrected chi connectivity index (χ1v) is 8.78. The molecule has 3 aliphatic rings. The Morgan fingerprint density at radius 3 is 2.83 bits per heavy atom. The first-order chi connectivity index (χ1) is 8.46. The molecule has 4 nitrogen and oxygen atoms in total. The standard InChI is InChI=1S/C12H14INO3S/c13-12-9-3-2-8-6-10(9)11(8)7-14(12)4-1-5-18(15,16)17/h2-3,6,11-12H,1,4-5,7H2,(H,15,16,17). The van der Waals surface area contributed by atoms with Gasteiger partial charge in [0.2, 0.25) is 0 Å². The van der Waals surface area contributed by atoms with Crippen LogP contribution in [0.4, 0.5) is 0 Å². The van der Waals surface area contributed by atoms with E-state index >= 15 is 0 Å². The van der Waals surface area contributed by atoms with Gasteiger partial charge in [-0.3, -0.25) is 9.45 Å². The van der Waals surface area contributed by atoms with Gasteiger partial charge in [-0.05, 0) is 23.1 Å². The Morgan fingerprint density at radius 2 is 2.17 bits per heavy atom. The molecule has 0 aromatic rings. The Balaban J connectivity index is 1.65. The fraction of sp³-hybridized carbons (Fsp3) is 0.500. The number of likely N-dealkylation sites (tertiary alicyclic amines) is 1. The molecule has 2 aliphatic carbocycles. The maximum absolute atomic E-state index is 10.7. The predicted octanol–water partition coefficient (Wildman–Crippen LogP) is 1.76. The zero-order valence-electron chi connectivity index (χ0n) is 9.71. The van der Waals surface area contributed by atoms with Crippen LogP contribution in [0.25, 0.3) is 0 Å². The van der Waals surface area contributed by atoms with E-state index in [1.807, 2.05) is 0 Å². The normalized spacial score (nSPS) is 30.2. The topological polar surface area (TPSA) is 57.6 Å². The first kappa shape index (κ1) is 12.8. The number of rotatable bonds is 4. The lowest BCUT2D eigenvalue weighted by Gasteiger charge is -2.47. The summed E-state index contributed by atoms with van der Waals surface area (Å²) in [6.07, 6.45) is 7.10. The molecular formula is C12H14INO3S. The van der Waals surface area contributed by atoms with E-state index in [1.54, 1.807) is 0 Å². The summed E-state index contributed by atoms with van der Waals surface area (Å²) in [5.41, 5.74) is 4.20. The second kappa shape index (κ2) is 4.43. The summed E-state index contributed by atoms with van der Waals surface area (Å²) in [5.74, 6) is 0.379. The minimum absolute atomic E-state index is 0.151. The van der Waals surface area contributed by atoms with E-state index in [9.17, 15) is 8.42 Å². The highest BCUT2D eigenvalue weighted by Crippen LogP contribution is 2.48. The summed E-state index contributed by atoms with van der Waals surface area (Å²) < 4.78 is 30.5. The maximum atomic E-state index is 10.7. The van der Waals surface area contributed by atoms with Gasteiger partial charge in [0.25, 0.3) is 10.1 Å². The number of piperidine rings is 1. The van der Waals surface area contributed by atoms with Crippen molar-refractivity contribution in [2.45, 2.75) is 10.5 Å². The van der Waals surface area contributed by atoms with Crippen molar-refractivity contribution in [2.75, 3.05) is 18.8 Å². The average Bonchev–Trinajstić information content (AvgIpc) is 2.29. The van der Waals surface area contributed by atoms with Gasteiger partial charge < -0.3 is 0 Å². The monoisotopic (exact) mass is 379 g/mol. The van der Waals surface area contributed by atoms with Gasteiger partial charge in [-0.1, -0.05) is 40.8 Å². The lowest BCUT2D eigenvalue weighted by atomic mass is 9.70. The average molecular weight is 379 g/mol. The second-order valence-electron chi connectivity index (χ2n) is 4.91. The van der Waals surface area contributed by atoms with Gasteiger partial charge in [0.15, 0.2) is 0 Å². The highest BCUT2D eigenvalue weighted by atomic mass is 127. The smallest absolute Gasteiger partial charge is 0.264 e. The molecule has 1 aliphatic heterocycles. The fourth-order valence-corrected chi connectivity index (χ4v) is 4.36. The molecule has 0 spiro atoms. The van der Waals surface area contributed by atoms with E-state index in [-0.39, 0.29) is 5.75 Å². The third-order valence-corrected chi connectivity index (χ3v) is 5.99. The molecule has 0 aromatic carbocycles. The Kier molecular flexibility index (Phi) is 3.16. The molecular weight excluding hydrogens is 365 g/mol. The minimum atomic E-state index is -3.83. The van der Waals surface area contributed by atoms with E-state index in [0.717, 1.165) is 6.54 Å². The van der Waals surface area contributed by atoms with Crippen LogP contribution in [-0.2, 0) is 10.1 Å². The van der Waals surface area contributed by atoms with Crippen molar-refractivity contribution in [3.8, 4) is 0 Å². The fourth-order valence-electron chi connectivity index (χ4n) is 2.79. The molecule has 2 atom stereocenters. The largest absolute Gasteiger partial charge is 0.287 e. The van der Waals surface area contributed by atoms with Crippen molar-refractivity contribution in [1.82, 2.24) is 4.90 Å². The van der Waals surface area contributed by atoms with Crippen molar-refractivity contribution in [3.63, 3.8) is 0 Å². The van der Waals surface area contributed by atoms with E-state index in [4.69, 9.17) is 4.55 Å². The molecule has 3 rings (SSSR count). The van der Waals surface area contributed by atoms with Gasteiger partial charge in [0.05, 0.1) is 9.80 Å². The van der Waals surface area contributed by atoms with E-state index in [1.165, 1.54) is 16.7 Å². The number of alkyl halides is 1. The highest BCUT2D eigenvalue weighted by Gasteiger charge is 2.41. The van der Waals surface area contributed by atoms with Crippen LogP contribution in [0.5, 0.6) is 0 Å². The maximum Gasteiger partial charge on any atom is 0.264 e. The molecule has 1 fully saturated rings. The van der Waals surface area contributed by atoms with E-state index in [0.29, 0.717) is 22.9 Å². The van der Waals surface area contributed by atoms with Crippen LogP contribution in [0.1, 0.15) is 6.42 Å². The van der Waals surface area contributed by atoms with Gasteiger partial charge in [0, 0.05) is 19.0 Å². The Labute approximate surface area is 120 Å². The summed E-state index contributed by atoms with van der Waals surface area (Å²) in [6, 6.07) is 0. The lowest BCUT2D eigenvalue weighted by Crippen LogP contribution is -2.47. The summed E-state index contributed by atoms with van der Waals surface area (Å²) in [6.45, 7) is 1.68. The van der Waals surface area contributed by atoms with E-state index in [2.05, 4.69) is 45.7 Å². The van der Waals surface area contributed by atoms with Gasteiger partial charge in [0.1, 0.15) is 0 Å². The summed E-state index contributed by atoms with van der Waals surface area (Å²) in [4.78, 5) is 2.30. The van der Waals surface area contributed by atoms with Crippen molar-refractivity contribution < 1.29 is 13.0 Å². The molecule has 0 amide bonds. The number of hydrogen-bond donors (Lipinski definition) is 1. The summed E-state index contributed by atoms with van der Waals surface area (Å²) in [5, 5.41) is 0. The first-order valence-electron chi connectivity index (χ1n) is 5.93. The van der Waals surface area contributed by atoms with Crippen LogP contribution in [0.2, 0.25) is 0 Å².